The lowest BCUT2D eigenvalue weighted by Gasteiger charge is -2.43. The first kappa shape index (κ1) is 35.8. The first-order valence-corrected chi connectivity index (χ1v) is 18.3. The third-order valence-electron chi connectivity index (χ3n) is 9.41. The number of benzene rings is 2. The number of hydrogen-bond donors (Lipinski definition) is 0. The number of carbonyl (C=O) groups is 1. The molecule has 2 bridgehead atoms. The molecule has 2 aromatic carbocycles. The van der Waals surface area contributed by atoms with E-state index in [-0.39, 0.29) is 23.9 Å². The monoisotopic (exact) mass is 687 g/mol. The SMILES string of the molecule is COCCOCCO[C@H]1/C=C/[C@H](OC)[C@@H]2CC[C@H]2CN2Cc3ccc(Cl)cc3CCCCOc3ccc(cc32)C(=O)N=[S-](=O)C[C@H]1C. The lowest BCUT2D eigenvalue weighted by Crippen LogP contribution is -2.43. The van der Waals surface area contributed by atoms with Gasteiger partial charge in [-0.2, -0.15) is 10.6 Å². The average molecular weight is 688 g/mol. The molecule has 0 spiro atoms. The molecular weight excluding hydrogens is 640 g/mol. The molecule has 1 fully saturated rings. The molecule has 0 unspecified atom stereocenters. The van der Waals surface area contributed by atoms with Gasteiger partial charge >= 0.3 is 0 Å². The molecule has 1 aliphatic carbocycles. The van der Waals surface area contributed by atoms with Gasteiger partial charge in [0.25, 0.3) is 5.91 Å². The Kier molecular flexibility index (Phi) is 13.6. The van der Waals surface area contributed by atoms with E-state index in [0.29, 0.717) is 57.0 Å². The van der Waals surface area contributed by atoms with Crippen LogP contribution in [0.15, 0.2) is 52.9 Å². The standard InChI is InChI=1S/C36H48ClN2O7S/c1-25-24-47(41)38-36(40)27-9-12-35-32(21-27)39(22-28-7-10-30(37)20-26(28)6-4-5-15-45-35)23-29-8-11-31(29)34(43-3)14-13-33(25)46-19-18-44-17-16-42-2/h7,9-10,12-14,20-21,25,29,31,33-34H,4-6,8,11,15-19,22-24H2,1-3H3/q-1/b14-13+/t25-,29+,31-,33+,34+/m1/s1. The highest BCUT2D eigenvalue weighted by Crippen LogP contribution is 2.42. The number of aryl methyl sites for hydroxylation is 1. The van der Waals surface area contributed by atoms with Crippen LogP contribution in [0.1, 0.15) is 54.1 Å². The summed E-state index contributed by atoms with van der Waals surface area (Å²) < 4.78 is 46.6. The van der Waals surface area contributed by atoms with Gasteiger partial charge in [0.1, 0.15) is 5.75 Å². The van der Waals surface area contributed by atoms with Crippen molar-refractivity contribution in [2.45, 2.75) is 57.8 Å². The topological polar surface area (TPSA) is 95.9 Å². The number of hydrogen-bond acceptors (Lipinski definition) is 9. The minimum atomic E-state index is -1.75. The van der Waals surface area contributed by atoms with Crippen LogP contribution in [0.4, 0.5) is 5.69 Å². The van der Waals surface area contributed by atoms with E-state index in [1.807, 2.05) is 31.2 Å². The normalized spacial score (nSPS) is 26.5. The Balaban J connectivity index is 1.50. The van der Waals surface area contributed by atoms with E-state index < -0.39 is 16.5 Å². The van der Waals surface area contributed by atoms with Gasteiger partial charge in [0.15, 0.2) is 0 Å². The quantitative estimate of drug-likeness (QED) is 0.173. The minimum absolute atomic E-state index is 0.105. The van der Waals surface area contributed by atoms with Crippen LogP contribution < -0.4 is 9.64 Å². The number of anilines is 1. The van der Waals surface area contributed by atoms with Crippen molar-refractivity contribution >= 4 is 33.8 Å². The Morgan fingerprint density at radius 2 is 1.83 bits per heavy atom. The molecule has 2 heterocycles. The minimum Gasteiger partial charge on any atom is -0.491 e. The van der Waals surface area contributed by atoms with Crippen LogP contribution in [0.2, 0.25) is 5.02 Å². The summed E-state index contributed by atoms with van der Waals surface area (Å²) in [5.41, 5.74) is 3.67. The van der Waals surface area contributed by atoms with Crippen molar-refractivity contribution in [2.75, 3.05) is 64.5 Å². The van der Waals surface area contributed by atoms with Crippen molar-refractivity contribution in [1.29, 1.82) is 0 Å². The maximum atomic E-state index is 13.4. The Morgan fingerprint density at radius 3 is 2.62 bits per heavy atom. The Bertz CT molecular complexity index is 1460. The molecule has 47 heavy (non-hydrogen) atoms. The number of ether oxygens (including phenoxy) is 5. The number of fused-ring (bicyclic) bond motifs is 3. The van der Waals surface area contributed by atoms with Crippen LogP contribution in [-0.4, -0.2) is 77.7 Å². The molecule has 1 amide bonds. The van der Waals surface area contributed by atoms with Crippen molar-refractivity contribution in [3.05, 3.63) is 70.3 Å². The third kappa shape index (κ3) is 9.80. The Labute approximate surface area is 286 Å². The predicted molar refractivity (Wildman–Crippen MR) is 185 cm³/mol. The summed E-state index contributed by atoms with van der Waals surface area (Å²) in [5, 5.41) is 0.731. The number of amides is 1. The van der Waals surface area contributed by atoms with Gasteiger partial charge in [0, 0.05) is 37.9 Å². The Morgan fingerprint density at radius 1 is 1.00 bits per heavy atom. The smallest absolute Gasteiger partial charge is 0.254 e. The zero-order valence-corrected chi connectivity index (χ0v) is 29.3. The second kappa shape index (κ2) is 17.8. The summed E-state index contributed by atoms with van der Waals surface area (Å²) in [6.45, 7) is 5.72. The molecule has 2 aliphatic heterocycles. The van der Waals surface area contributed by atoms with Crippen molar-refractivity contribution in [3.63, 3.8) is 0 Å². The summed E-state index contributed by atoms with van der Waals surface area (Å²) in [4.78, 5) is 15.8. The molecule has 11 heteroatoms. The van der Waals surface area contributed by atoms with Crippen molar-refractivity contribution < 1.29 is 32.7 Å². The molecule has 258 valence electrons. The first-order valence-electron chi connectivity index (χ1n) is 16.7. The summed E-state index contributed by atoms with van der Waals surface area (Å²) in [7, 11) is 1.64. The fourth-order valence-corrected chi connectivity index (χ4v) is 7.80. The first-order chi connectivity index (χ1) is 22.9. The van der Waals surface area contributed by atoms with Gasteiger partial charge in [-0.1, -0.05) is 42.5 Å². The van der Waals surface area contributed by atoms with Gasteiger partial charge in [0.05, 0.1) is 50.9 Å². The van der Waals surface area contributed by atoms with E-state index in [0.717, 1.165) is 55.1 Å². The van der Waals surface area contributed by atoms with E-state index in [9.17, 15) is 9.00 Å². The van der Waals surface area contributed by atoms with Gasteiger partial charge in [-0.15, -0.1) is 0 Å². The molecular formula is C36H48ClN2O7S-. The van der Waals surface area contributed by atoms with Crippen molar-refractivity contribution in [1.82, 2.24) is 0 Å². The predicted octanol–water partition coefficient (Wildman–Crippen LogP) is 6.64. The van der Waals surface area contributed by atoms with Gasteiger partial charge in [0.2, 0.25) is 0 Å². The van der Waals surface area contributed by atoms with E-state index >= 15 is 0 Å². The average Bonchev–Trinajstić information content (AvgIpc) is 3.07. The number of rotatable bonds is 8. The second-order valence-electron chi connectivity index (χ2n) is 12.7. The molecule has 5 atom stereocenters. The highest BCUT2D eigenvalue weighted by Gasteiger charge is 2.38. The fourth-order valence-electron chi connectivity index (χ4n) is 6.61. The van der Waals surface area contributed by atoms with E-state index in [1.165, 1.54) is 11.1 Å². The van der Waals surface area contributed by atoms with Gasteiger partial charge < -0.3 is 37.2 Å². The van der Waals surface area contributed by atoms with E-state index in [2.05, 4.69) is 27.5 Å². The van der Waals surface area contributed by atoms with Crippen LogP contribution in [0, 0.1) is 17.8 Å². The molecule has 5 rings (SSSR count). The molecule has 0 N–H and O–H groups in total. The molecule has 9 nitrogen and oxygen atoms in total. The van der Waals surface area contributed by atoms with Crippen molar-refractivity contribution in [2.24, 2.45) is 22.1 Å². The van der Waals surface area contributed by atoms with Crippen LogP contribution in [0.3, 0.4) is 0 Å². The van der Waals surface area contributed by atoms with Crippen LogP contribution in [0.5, 0.6) is 5.75 Å². The number of halogens is 1. The van der Waals surface area contributed by atoms with Gasteiger partial charge in [-0.05, 0) is 91.3 Å². The highest BCUT2D eigenvalue weighted by atomic mass is 35.5. The van der Waals surface area contributed by atoms with Gasteiger partial charge in [-0.3, -0.25) is 4.79 Å². The van der Waals surface area contributed by atoms with E-state index in [1.54, 1.807) is 20.3 Å². The molecule has 0 radical (unpaired) electrons. The zero-order valence-electron chi connectivity index (χ0n) is 27.7. The number of methoxy groups -OCH3 is 2. The van der Waals surface area contributed by atoms with Crippen molar-refractivity contribution in [3.8, 4) is 5.75 Å². The maximum Gasteiger partial charge on any atom is 0.254 e. The zero-order chi connectivity index (χ0) is 33.2. The maximum absolute atomic E-state index is 13.4. The molecule has 0 aromatic heterocycles. The lowest BCUT2D eigenvalue weighted by molar-refractivity contribution is -0.00675. The molecule has 2 aromatic rings. The summed E-state index contributed by atoms with van der Waals surface area (Å²) in [6, 6.07) is 11.6. The Hall–Kier alpha value is -2.47. The summed E-state index contributed by atoms with van der Waals surface area (Å²) in [6.07, 6.45) is 8.59. The highest BCUT2D eigenvalue weighted by molar-refractivity contribution is 7.75. The van der Waals surface area contributed by atoms with E-state index in [4.69, 9.17) is 35.3 Å². The van der Waals surface area contributed by atoms with Crippen LogP contribution in [0.25, 0.3) is 0 Å². The molecule has 3 aliphatic rings. The van der Waals surface area contributed by atoms with Gasteiger partial charge in [-0.25, -0.2) is 0 Å². The molecule has 0 saturated heterocycles. The third-order valence-corrected chi connectivity index (χ3v) is 10.8. The number of nitrogens with zero attached hydrogens (tertiary/aromatic N) is 2. The lowest BCUT2D eigenvalue weighted by atomic mass is 9.70. The second-order valence-corrected chi connectivity index (χ2v) is 14.3. The van der Waals surface area contributed by atoms with Crippen LogP contribution >= 0.6 is 11.6 Å². The summed E-state index contributed by atoms with van der Waals surface area (Å²) in [5.74, 6) is 0.893. The number of carbonyl (C=O) groups excluding carboxylic acids is 1. The summed E-state index contributed by atoms with van der Waals surface area (Å²) >= 11 is 6.44. The fraction of sp³-hybridized carbons (Fsp3) is 0.583. The largest absolute Gasteiger partial charge is 0.491 e. The molecule has 1 saturated carbocycles. The van der Waals surface area contributed by atoms with Crippen LogP contribution in [-0.2, 0) is 46.7 Å².